The van der Waals surface area contributed by atoms with E-state index in [1.807, 2.05) is 24.3 Å². The van der Waals surface area contributed by atoms with Crippen LogP contribution in [0.3, 0.4) is 0 Å². The minimum absolute atomic E-state index is 0.126. The van der Waals surface area contributed by atoms with Gasteiger partial charge in [-0.2, -0.15) is 0 Å². The first-order chi connectivity index (χ1) is 9.33. The van der Waals surface area contributed by atoms with E-state index in [9.17, 15) is 5.11 Å². The molecule has 4 heteroatoms. The molecular weight excluding hydrogens is 242 g/mol. The van der Waals surface area contributed by atoms with Gasteiger partial charge >= 0.3 is 0 Å². The van der Waals surface area contributed by atoms with Crippen molar-refractivity contribution in [1.82, 2.24) is 5.32 Å². The van der Waals surface area contributed by atoms with Gasteiger partial charge in [0.15, 0.2) is 0 Å². The summed E-state index contributed by atoms with van der Waals surface area (Å²) in [5.41, 5.74) is 0.859. The number of benzene rings is 1. The van der Waals surface area contributed by atoms with E-state index in [4.69, 9.17) is 9.47 Å². The number of aliphatic hydroxyl groups is 1. The third-order valence-corrected chi connectivity index (χ3v) is 3.51. The molecule has 1 aromatic carbocycles. The van der Waals surface area contributed by atoms with E-state index in [2.05, 4.69) is 5.32 Å². The fourth-order valence-corrected chi connectivity index (χ4v) is 2.46. The predicted octanol–water partition coefficient (Wildman–Crippen LogP) is 1.89. The smallest absolute Gasteiger partial charge is 0.125 e. The predicted molar refractivity (Wildman–Crippen MR) is 74.4 cm³/mol. The Bertz CT molecular complexity index is 377. The number of nitrogens with one attached hydrogen (secondary N) is 1. The highest BCUT2D eigenvalue weighted by atomic mass is 16.5. The summed E-state index contributed by atoms with van der Waals surface area (Å²) in [6.07, 6.45) is 2.85. The van der Waals surface area contributed by atoms with Crippen molar-refractivity contribution >= 4 is 0 Å². The molecular formula is C15H23NO3. The van der Waals surface area contributed by atoms with Crippen molar-refractivity contribution in [2.45, 2.75) is 31.4 Å². The molecule has 0 spiro atoms. The van der Waals surface area contributed by atoms with Gasteiger partial charge in [0.2, 0.25) is 0 Å². The third kappa shape index (κ3) is 3.93. The second-order valence-corrected chi connectivity index (χ2v) is 4.88. The Morgan fingerprint density at radius 2 is 2.16 bits per heavy atom. The molecule has 2 atom stereocenters. The lowest BCUT2D eigenvalue weighted by molar-refractivity contribution is 0.106. The van der Waals surface area contributed by atoms with Gasteiger partial charge < -0.3 is 19.9 Å². The van der Waals surface area contributed by atoms with Crippen LogP contribution in [0, 0.1) is 0 Å². The van der Waals surface area contributed by atoms with Crippen molar-refractivity contribution in [2.75, 3.05) is 26.9 Å². The molecule has 1 saturated heterocycles. The Morgan fingerprint density at radius 1 is 1.32 bits per heavy atom. The highest BCUT2D eigenvalue weighted by Gasteiger charge is 2.24. The Morgan fingerprint density at radius 3 is 2.89 bits per heavy atom. The molecule has 106 valence electrons. The summed E-state index contributed by atoms with van der Waals surface area (Å²) in [5.74, 6) is 0.749. The van der Waals surface area contributed by atoms with Gasteiger partial charge in [0.05, 0.1) is 12.7 Å². The average molecular weight is 265 g/mol. The van der Waals surface area contributed by atoms with Crippen LogP contribution in [-0.2, 0) is 4.74 Å². The Balaban J connectivity index is 2.04. The van der Waals surface area contributed by atoms with Gasteiger partial charge in [-0.1, -0.05) is 24.6 Å². The molecule has 19 heavy (non-hydrogen) atoms. The molecule has 1 aromatic rings. The van der Waals surface area contributed by atoms with Crippen LogP contribution in [-0.4, -0.2) is 38.0 Å². The van der Waals surface area contributed by atoms with E-state index in [0.29, 0.717) is 13.2 Å². The third-order valence-electron chi connectivity index (χ3n) is 3.51. The molecule has 2 rings (SSSR count). The second kappa shape index (κ2) is 7.48. The van der Waals surface area contributed by atoms with E-state index >= 15 is 0 Å². The lowest BCUT2D eigenvalue weighted by Crippen LogP contribution is -2.38. The van der Waals surface area contributed by atoms with Gasteiger partial charge in [-0.25, -0.2) is 0 Å². The van der Waals surface area contributed by atoms with E-state index < -0.39 is 6.10 Å². The topological polar surface area (TPSA) is 50.7 Å². The van der Waals surface area contributed by atoms with Crippen molar-refractivity contribution in [3.8, 4) is 5.75 Å². The molecule has 0 radical (unpaired) electrons. The van der Waals surface area contributed by atoms with Gasteiger partial charge in [-0.3, -0.25) is 0 Å². The summed E-state index contributed by atoms with van der Waals surface area (Å²) in [7, 11) is 1.65. The zero-order chi connectivity index (χ0) is 13.5. The molecule has 2 unspecified atom stereocenters. The molecule has 0 aromatic heterocycles. The van der Waals surface area contributed by atoms with Gasteiger partial charge in [0.25, 0.3) is 0 Å². The van der Waals surface area contributed by atoms with Gasteiger partial charge in [-0.15, -0.1) is 0 Å². The molecule has 0 amide bonds. The molecule has 0 saturated carbocycles. The van der Waals surface area contributed by atoms with Crippen molar-refractivity contribution in [3.63, 3.8) is 0 Å². The Labute approximate surface area is 114 Å². The summed E-state index contributed by atoms with van der Waals surface area (Å²) in [4.78, 5) is 0. The maximum absolute atomic E-state index is 10.5. The first kappa shape index (κ1) is 14.3. The molecule has 4 nitrogen and oxygen atoms in total. The molecule has 1 aliphatic heterocycles. The number of ether oxygens (including phenoxy) is 2. The average Bonchev–Trinajstić information content (AvgIpc) is 2.48. The number of piperidine rings is 1. The summed E-state index contributed by atoms with van der Waals surface area (Å²) >= 11 is 0. The standard InChI is InChI=1S/C15H23NO3/c1-18-10-11-19-14-8-3-2-6-12(14)15(17)13-7-4-5-9-16-13/h2-3,6,8,13,15-17H,4-5,7,9-11H2,1H3. The summed E-state index contributed by atoms with van der Waals surface area (Å²) in [5, 5.41) is 13.9. The van der Waals surface area contributed by atoms with Gasteiger partial charge in [-0.05, 0) is 25.5 Å². The Hall–Kier alpha value is -1.10. The molecule has 1 heterocycles. The van der Waals surface area contributed by atoms with E-state index in [0.717, 1.165) is 24.3 Å². The van der Waals surface area contributed by atoms with Crippen LogP contribution in [0.4, 0.5) is 0 Å². The van der Waals surface area contributed by atoms with Crippen LogP contribution in [0.5, 0.6) is 5.75 Å². The normalized spacial score (nSPS) is 21.1. The van der Waals surface area contributed by atoms with Crippen molar-refractivity contribution in [2.24, 2.45) is 0 Å². The maximum Gasteiger partial charge on any atom is 0.125 e. The lowest BCUT2D eigenvalue weighted by Gasteiger charge is -2.29. The largest absolute Gasteiger partial charge is 0.491 e. The first-order valence-electron chi connectivity index (χ1n) is 6.95. The van der Waals surface area contributed by atoms with Crippen LogP contribution in [0.1, 0.15) is 30.9 Å². The van der Waals surface area contributed by atoms with Crippen LogP contribution in [0.25, 0.3) is 0 Å². The van der Waals surface area contributed by atoms with Crippen LogP contribution >= 0.6 is 0 Å². The molecule has 1 aliphatic rings. The number of hydrogen-bond acceptors (Lipinski definition) is 4. The van der Waals surface area contributed by atoms with E-state index in [1.165, 1.54) is 12.8 Å². The maximum atomic E-state index is 10.5. The number of hydrogen-bond donors (Lipinski definition) is 2. The monoisotopic (exact) mass is 265 g/mol. The highest BCUT2D eigenvalue weighted by molar-refractivity contribution is 5.36. The second-order valence-electron chi connectivity index (χ2n) is 4.88. The van der Waals surface area contributed by atoms with Crippen LogP contribution in [0.2, 0.25) is 0 Å². The fourth-order valence-electron chi connectivity index (χ4n) is 2.46. The van der Waals surface area contributed by atoms with Crippen molar-refractivity contribution in [1.29, 1.82) is 0 Å². The quantitative estimate of drug-likeness (QED) is 0.771. The number of aliphatic hydroxyl groups excluding tert-OH is 1. The Kier molecular flexibility index (Phi) is 5.63. The first-order valence-corrected chi connectivity index (χ1v) is 6.95. The minimum Gasteiger partial charge on any atom is -0.491 e. The van der Waals surface area contributed by atoms with Crippen molar-refractivity contribution < 1.29 is 14.6 Å². The zero-order valence-electron chi connectivity index (χ0n) is 11.5. The minimum atomic E-state index is -0.515. The van der Waals surface area contributed by atoms with E-state index in [1.54, 1.807) is 7.11 Å². The molecule has 2 N–H and O–H groups in total. The SMILES string of the molecule is COCCOc1ccccc1C(O)C1CCCCN1. The van der Waals surface area contributed by atoms with Crippen LogP contribution in [0.15, 0.2) is 24.3 Å². The lowest BCUT2D eigenvalue weighted by atomic mass is 9.94. The van der Waals surface area contributed by atoms with Crippen LogP contribution < -0.4 is 10.1 Å². The van der Waals surface area contributed by atoms with E-state index in [-0.39, 0.29) is 6.04 Å². The highest BCUT2D eigenvalue weighted by Crippen LogP contribution is 2.29. The molecule has 1 fully saturated rings. The summed E-state index contributed by atoms with van der Waals surface area (Å²) < 4.78 is 10.7. The summed E-state index contributed by atoms with van der Waals surface area (Å²) in [6, 6.07) is 7.82. The van der Waals surface area contributed by atoms with Gasteiger partial charge in [0.1, 0.15) is 12.4 Å². The van der Waals surface area contributed by atoms with Gasteiger partial charge in [0, 0.05) is 18.7 Å². The molecule has 0 aliphatic carbocycles. The molecule has 0 bridgehead atoms. The summed E-state index contributed by atoms with van der Waals surface area (Å²) in [6.45, 7) is 2.03. The number of methoxy groups -OCH3 is 1. The number of para-hydroxylation sites is 1. The zero-order valence-corrected chi connectivity index (χ0v) is 11.5. The fraction of sp³-hybridized carbons (Fsp3) is 0.600. The number of rotatable bonds is 6. The van der Waals surface area contributed by atoms with Crippen molar-refractivity contribution in [3.05, 3.63) is 29.8 Å².